The summed E-state index contributed by atoms with van der Waals surface area (Å²) in [5, 5.41) is 14.3. The van der Waals surface area contributed by atoms with E-state index in [2.05, 4.69) is 24.2 Å². The molecule has 0 saturated carbocycles. The summed E-state index contributed by atoms with van der Waals surface area (Å²) in [5.41, 5.74) is 0.901. The zero-order chi connectivity index (χ0) is 12.3. The largest absolute Gasteiger partial charge is 0.388 e. The number of hydrogen-bond donors (Lipinski definition) is 1. The molecule has 0 fully saturated rings. The summed E-state index contributed by atoms with van der Waals surface area (Å²) in [6.45, 7) is 5.03. The van der Waals surface area contributed by atoms with Gasteiger partial charge in [0.05, 0.1) is 12.3 Å². The fraction of sp³-hybridized carbons (Fsp3) is 0.462. The van der Waals surface area contributed by atoms with Crippen LogP contribution in [-0.2, 0) is 19.4 Å². The molecule has 0 radical (unpaired) electrons. The molecule has 17 heavy (non-hydrogen) atoms. The quantitative estimate of drug-likeness (QED) is 0.886. The molecular formula is C13H18N2OS. The van der Waals surface area contributed by atoms with Gasteiger partial charge in [-0.05, 0) is 25.5 Å². The minimum atomic E-state index is -0.446. The van der Waals surface area contributed by atoms with Crippen LogP contribution >= 0.6 is 11.3 Å². The first kappa shape index (κ1) is 12.3. The van der Waals surface area contributed by atoms with Gasteiger partial charge in [0.1, 0.15) is 0 Å². The van der Waals surface area contributed by atoms with E-state index < -0.39 is 6.10 Å². The summed E-state index contributed by atoms with van der Waals surface area (Å²) in [6.07, 6.45) is 4.97. The second-order valence-electron chi connectivity index (χ2n) is 4.07. The molecule has 0 amide bonds. The molecule has 2 aromatic heterocycles. The van der Waals surface area contributed by atoms with Gasteiger partial charge in [-0.15, -0.1) is 11.3 Å². The van der Waals surface area contributed by atoms with Gasteiger partial charge in [0.2, 0.25) is 0 Å². The number of hydrogen-bond acceptors (Lipinski definition) is 3. The van der Waals surface area contributed by atoms with E-state index in [1.165, 1.54) is 9.75 Å². The molecule has 2 rings (SSSR count). The molecule has 0 spiro atoms. The third-order valence-corrected chi connectivity index (χ3v) is 4.07. The summed E-state index contributed by atoms with van der Waals surface area (Å²) < 4.78 is 1.84. The lowest BCUT2D eigenvalue weighted by molar-refractivity contribution is 0.179. The lowest BCUT2D eigenvalue weighted by Crippen LogP contribution is -1.99. The Morgan fingerprint density at radius 3 is 2.71 bits per heavy atom. The van der Waals surface area contributed by atoms with Crippen LogP contribution in [-0.4, -0.2) is 14.9 Å². The highest BCUT2D eigenvalue weighted by Gasteiger charge is 2.12. The first-order valence-corrected chi connectivity index (χ1v) is 6.82. The van der Waals surface area contributed by atoms with Crippen molar-refractivity contribution in [1.29, 1.82) is 0 Å². The molecule has 0 aliphatic rings. The number of rotatable bonds is 5. The van der Waals surface area contributed by atoms with Crippen molar-refractivity contribution >= 4 is 11.3 Å². The summed E-state index contributed by atoms with van der Waals surface area (Å²) in [4.78, 5) is 2.61. The molecule has 2 aromatic rings. The van der Waals surface area contributed by atoms with E-state index in [1.807, 2.05) is 17.8 Å². The predicted octanol–water partition coefficient (Wildman–Crippen LogP) is 2.80. The Hall–Kier alpha value is -1.13. The van der Waals surface area contributed by atoms with Gasteiger partial charge in [0, 0.05) is 34.5 Å². The van der Waals surface area contributed by atoms with Gasteiger partial charge in [0.25, 0.3) is 0 Å². The molecule has 1 atom stereocenters. The fourth-order valence-electron chi connectivity index (χ4n) is 1.76. The van der Waals surface area contributed by atoms with Crippen molar-refractivity contribution in [3.8, 4) is 0 Å². The van der Waals surface area contributed by atoms with Crippen molar-refractivity contribution < 1.29 is 5.11 Å². The van der Waals surface area contributed by atoms with E-state index in [-0.39, 0.29) is 0 Å². The van der Waals surface area contributed by atoms with Crippen LogP contribution in [0.4, 0.5) is 0 Å². The van der Waals surface area contributed by atoms with Crippen LogP contribution in [0.1, 0.15) is 35.3 Å². The van der Waals surface area contributed by atoms with Gasteiger partial charge in [-0.25, -0.2) is 0 Å². The highest BCUT2D eigenvalue weighted by atomic mass is 32.1. The van der Waals surface area contributed by atoms with Crippen LogP contribution in [0, 0.1) is 0 Å². The maximum absolute atomic E-state index is 10.1. The monoisotopic (exact) mass is 250 g/mol. The van der Waals surface area contributed by atoms with Crippen LogP contribution in [0.3, 0.4) is 0 Å². The topological polar surface area (TPSA) is 38.1 Å². The Bertz CT molecular complexity index is 475. The molecule has 1 N–H and O–H groups in total. The molecule has 92 valence electrons. The minimum Gasteiger partial charge on any atom is -0.388 e. The Morgan fingerprint density at radius 2 is 2.12 bits per heavy atom. The van der Waals surface area contributed by atoms with E-state index in [4.69, 9.17) is 0 Å². The van der Waals surface area contributed by atoms with E-state index in [0.29, 0.717) is 6.42 Å². The zero-order valence-corrected chi connectivity index (χ0v) is 11.1. The molecule has 3 nitrogen and oxygen atoms in total. The smallest absolute Gasteiger partial charge is 0.0868 e. The highest BCUT2D eigenvalue weighted by molar-refractivity contribution is 7.11. The average Bonchev–Trinajstić information content (AvgIpc) is 2.96. The molecule has 2 heterocycles. The summed E-state index contributed by atoms with van der Waals surface area (Å²) >= 11 is 1.78. The molecular weight excluding hydrogens is 232 g/mol. The Labute approximate surface area is 106 Å². The number of aliphatic hydroxyl groups is 1. The zero-order valence-electron chi connectivity index (χ0n) is 10.3. The van der Waals surface area contributed by atoms with Gasteiger partial charge in [0.15, 0.2) is 0 Å². The summed E-state index contributed by atoms with van der Waals surface area (Å²) in [7, 11) is 0. The third kappa shape index (κ3) is 2.96. The second kappa shape index (κ2) is 5.47. The van der Waals surface area contributed by atoms with Crippen molar-refractivity contribution in [3.05, 3.63) is 39.8 Å². The lowest BCUT2D eigenvalue weighted by atomic mass is 10.1. The highest BCUT2D eigenvalue weighted by Crippen LogP contribution is 2.23. The number of nitrogens with zero attached hydrogens (tertiary/aromatic N) is 2. The normalized spacial score (nSPS) is 12.9. The Kier molecular flexibility index (Phi) is 3.97. The Morgan fingerprint density at radius 1 is 1.35 bits per heavy atom. The van der Waals surface area contributed by atoms with Gasteiger partial charge in [-0.3, -0.25) is 4.68 Å². The maximum Gasteiger partial charge on any atom is 0.0868 e. The van der Waals surface area contributed by atoms with E-state index in [0.717, 1.165) is 18.5 Å². The van der Waals surface area contributed by atoms with Gasteiger partial charge >= 0.3 is 0 Å². The second-order valence-corrected chi connectivity index (χ2v) is 5.32. The van der Waals surface area contributed by atoms with Crippen LogP contribution in [0.25, 0.3) is 0 Å². The Balaban J connectivity index is 2.02. The van der Waals surface area contributed by atoms with Crippen molar-refractivity contribution in [3.63, 3.8) is 0 Å². The predicted molar refractivity (Wildman–Crippen MR) is 70.3 cm³/mol. The summed E-state index contributed by atoms with van der Waals surface area (Å²) in [5.74, 6) is 0. The maximum atomic E-state index is 10.1. The number of aromatic nitrogens is 2. The van der Waals surface area contributed by atoms with Crippen LogP contribution in [0.5, 0.6) is 0 Å². The van der Waals surface area contributed by atoms with E-state index in [1.54, 1.807) is 17.5 Å². The first-order chi connectivity index (χ1) is 8.22. The SMILES string of the molecule is CCc1ccc(CC(O)c2cnn(CC)c2)s1. The van der Waals surface area contributed by atoms with Crippen LogP contribution in [0.15, 0.2) is 24.5 Å². The molecule has 1 unspecified atom stereocenters. The molecule has 0 aliphatic heterocycles. The van der Waals surface area contributed by atoms with Crippen molar-refractivity contribution in [2.75, 3.05) is 0 Å². The standard InChI is InChI=1S/C13H18N2OS/c1-3-11-5-6-12(17-11)7-13(16)10-8-14-15(4-2)9-10/h5-6,8-9,13,16H,3-4,7H2,1-2H3. The van der Waals surface area contributed by atoms with Crippen LogP contribution < -0.4 is 0 Å². The minimum absolute atomic E-state index is 0.446. The third-order valence-electron chi connectivity index (χ3n) is 2.82. The number of aliphatic hydroxyl groups excluding tert-OH is 1. The van der Waals surface area contributed by atoms with E-state index in [9.17, 15) is 5.11 Å². The van der Waals surface area contributed by atoms with Gasteiger partial charge < -0.3 is 5.11 Å². The molecule has 0 saturated heterocycles. The van der Waals surface area contributed by atoms with Crippen molar-refractivity contribution in [2.24, 2.45) is 0 Å². The first-order valence-electron chi connectivity index (χ1n) is 6.01. The number of thiophene rings is 1. The average molecular weight is 250 g/mol. The molecule has 0 bridgehead atoms. The van der Waals surface area contributed by atoms with E-state index >= 15 is 0 Å². The van der Waals surface area contributed by atoms with Gasteiger partial charge in [-0.1, -0.05) is 6.92 Å². The van der Waals surface area contributed by atoms with Crippen LogP contribution in [0.2, 0.25) is 0 Å². The van der Waals surface area contributed by atoms with Crippen molar-refractivity contribution in [1.82, 2.24) is 9.78 Å². The fourth-order valence-corrected chi connectivity index (χ4v) is 2.75. The molecule has 0 aliphatic carbocycles. The number of aryl methyl sites for hydroxylation is 2. The van der Waals surface area contributed by atoms with Gasteiger partial charge in [-0.2, -0.15) is 5.10 Å². The summed E-state index contributed by atoms with van der Waals surface area (Å²) in [6, 6.07) is 4.25. The lowest BCUT2D eigenvalue weighted by Gasteiger charge is -2.05. The molecule has 4 heteroatoms. The van der Waals surface area contributed by atoms with Crippen molar-refractivity contribution in [2.45, 2.75) is 39.3 Å². The molecule has 0 aromatic carbocycles.